The molecule has 2 N–H and O–H groups in total. The third-order valence-corrected chi connectivity index (χ3v) is 3.39. The van der Waals surface area contributed by atoms with E-state index in [-0.39, 0.29) is 12.5 Å². The van der Waals surface area contributed by atoms with Crippen molar-refractivity contribution in [2.24, 2.45) is 0 Å². The lowest BCUT2D eigenvalue weighted by molar-refractivity contribution is -0.144. The summed E-state index contributed by atoms with van der Waals surface area (Å²) in [4.78, 5) is 27.9. The molecule has 7 heteroatoms. The summed E-state index contributed by atoms with van der Waals surface area (Å²) in [5.41, 5.74) is 0.826. The molecule has 0 aliphatic carbocycles. The predicted octanol–water partition coefficient (Wildman–Crippen LogP) is 2.16. The van der Waals surface area contributed by atoms with Gasteiger partial charge in [-0.3, -0.25) is 9.69 Å². The number of aromatic nitrogens is 1. The van der Waals surface area contributed by atoms with Crippen LogP contribution in [0.25, 0.3) is 0 Å². The summed E-state index contributed by atoms with van der Waals surface area (Å²) in [7, 11) is 0. The monoisotopic (exact) mass is 306 g/mol. The molecule has 0 bridgehead atoms. The molecule has 1 aromatic heterocycles. The Morgan fingerprint density at radius 1 is 1.38 bits per heavy atom. The Bertz CT molecular complexity index is 713. The molecular weight excluding hydrogens is 296 g/mol. The van der Waals surface area contributed by atoms with Crippen LogP contribution in [0, 0.1) is 0 Å². The summed E-state index contributed by atoms with van der Waals surface area (Å²) < 4.78 is 5.39. The Kier molecular flexibility index (Phi) is 3.31. The highest BCUT2D eigenvalue weighted by Gasteiger charge is 2.34. The van der Waals surface area contributed by atoms with Gasteiger partial charge in [-0.15, -0.1) is 0 Å². The van der Waals surface area contributed by atoms with Crippen LogP contribution in [0.2, 0.25) is 5.02 Å². The molecular formula is C14H11ClN2O4. The Hall–Kier alpha value is -2.47. The molecule has 2 heterocycles. The van der Waals surface area contributed by atoms with Crippen molar-refractivity contribution in [1.82, 2.24) is 4.98 Å². The maximum absolute atomic E-state index is 12.5. The van der Waals surface area contributed by atoms with Crippen molar-refractivity contribution in [3.63, 3.8) is 0 Å². The lowest BCUT2D eigenvalue weighted by Gasteiger charge is -2.32. The van der Waals surface area contributed by atoms with E-state index in [1.165, 1.54) is 17.2 Å². The zero-order chi connectivity index (χ0) is 15.0. The van der Waals surface area contributed by atoms with Gasteiger partial charge in [-0.1, -0.05) is 23.7 Å². The highest BCUT2D eigenvalue weighted by Crippen LogP contribution is 2.34. The minimum atomic E-state index is -1.12. The molecule has 3 rings (SSSR count). The fourth-order valence-corrected chi connectivity index (χ4v) is 2.36. The Morgan fingerprint density at radius 2 is 2.14 bits per heavy atom. The van der Waals surface area contributed by atoms with Crippen LogP contribution in [0.1, 0.15) is 10.5 Å². The van der Waals surface area contributed by atoms with Crippen LogP contribution in [0.15, 0.2) is 36.5 Å². The summed E-state index contributed by atoms with van der Waals surface area (Å²) in [6.07, 6.45) is 0.393. The average Bonchev–Trinajstić information content (AvgIpc) is 2.92. The molecule has 1 aliphatic heterocycles. The molecule has 6 nitrogen and oxygen atoms in total. The number of H-pyrrole nitrogens is 1. The van der Waals surface area contributed by atoms with E-state index in [9.17, 15) is 9.59 Å². The van der Waals surface area contributed by atoms with Gasteiger partial charge in [0, 0.05) is 6.20 Å². The molecule has 1 atom stereocenters. The zero-order valence-corrected chi connectivity index (χ0v) is 11.5. The number of hydrogen-bond acceptors (Lipinski definition) is 3. The second-order valence-corrected chi connectivity index (χ2v) is 5.00. The molecule has 108 valence electrons. The van der Waals surface area contributed by atoms with Gasteiger partial charge in [0.1, 0.15) is 11.4 Å². The predicted molar refractivity (Wildman–Crippen MR) is 76.0 cm³/mol. The highest BCUT2D eigenvalue weighted by atomic mass is 35.5. The van der Waals surface area contributed by atoms with Crippen molar-refractivity contribution >= 4 is 29.2 Å². The number of para-hydroxylation sites is 2. The minimum Gasteiger partial charge on any atom is -0.478 e. The Morgan fingerprint density at radius 3 is 2.81 bits per heavy atom. The molecule has 1 aromatic carbocycles. The lowest BCUT2D eigenvalue weighted by Crippen LogP contribution is -2.47. The number of carboxylic acid groups (broad SMARTS) is 1. The van der Waals surface area contributed by atoms with Gasteiger partial charge >= 0.3 is 5.97 Å². The first-order valence-corrected chi connectivity index (χ1v) is 6.58. The van der Waals surface area contributed by atoms with E-state index >= 15 is 0 Å². The third-order valence-electron chi connectivity index (χ3n) is 3.17. The van der Waals surface area contributed by atoms with Crippen molar-refractivity contribution in [1.29, 1.82) is 0 Å². The quantitative estimate of drug-likeness (QED) is 0.890. The van der Waals surface area contributed by atoms with E-state index in [4.69, 9.17) is 21.4 Å². The van der Waals surface area contributed by atoms with Crippen LogP contribution >= 0.6 is 11.6 Å². The summed E-state index contributed by atoms with van der Waals surface area (Å²) in [6.45, 7) is -0.0676. The maximum atomic E-state index is 12.5. The van der Waals surface area contributed by atoms with Gasteiger partial charge < -0.3 is 14.8 Å². The van der Waals surface area contributed by atoms with E-state index in [1.807, 2.05) is 0 Å². The molecule has 2 aromatic rings. The van der Waals surface area contributed by atoms with Crippen LogP contribution in [0.5, 0.6) is 5.75 Å². The largest absolute Gasteiger partial charge is 0.478 e. The first-order valence-electron chi connectivity index (χ1n) is 6.20. The van der Waals surface area contributed by atoms with Gasteiger partial charge in [-0.2, -0.15) is 0 Å². The second-order valence-electron chi connectivity index (χ2n) is 4.56. The SMILES string of the molecule is O=C(O)C1CN(C(=O)c2cc(Cl)c[nH]2)c2ccccc2O1. The molecule has 0 radical (unpaired) electrons. The van der Waals surface area contributed by atoms with Crippen LogP contribution in [0.3, 0.4) is 0 Å². The zero-order valence-electron chi connectivity index (χ0n) is 10.7. The molecule has 0 saturated heterocycles. The second kappa shape index (κ2) is 5.14. The molecule has 0 spiro atoms. The number of fused-ring (bicyclic) bond motifs is 1. The molecule has 21 heavy (non-hydrogen) atoms. The number of carbonyl (C=O) groups excluding carboxylic acids is 1. The summed E-state index contributed by atoms with van der Waals surface area (Å²) in [5, 5.41) is 9.56. The number of amides is 1. The number of aromatic amines is 1. The third kappa shape index (κ3) is 2.45. The summed E-state index contributed by atoms with van der Waals surface area (Å²) >= 11 is 5.80. The van der Waals surface area contributed by atoms with Crippen molar-refractivity contribution < 1.29 is 19.4 Å². The topological polar surface area (TPSA) is 82.6 Å². The van der Waals surface area contributed by atoms with Gasteiger partial charge in [-0.05, 0) is 18.2 Å². The van der Waals surface area contributed by atoms with E-state index in [1.54, 1.807) is 24.3 Å². The minimum absolute atomic E-state index is 0.0676. The molecule has 0 saturated carbocycles. The summed E-state index contributed by atoms with van der Waals surface area (Å²) in [6, 6.07) is 8.31. The van der Waals surface area contributed by atoms with Gasteiger partial charge in [0.15, 0.2) is 0 Å². The van der Waals surface area contributed by atoms with Crippen molar-refractivity contribution in [3.8, 4) is 5.75 Å². The molecule has 1 amide bonds. The molecule has 0 fully saturated rings. The number of ether oxygens (including phenoxy) is 1. The first kappa shape index (κ1) is 13.5. The average molecular weight is 307 g/mol. The number of carboxylic acids is 1. The van der Waals surface area contributed by atoms with E-state index in [0.717, 1.165) is 0 Å². The number of anilines is 1. The fraction of sp³-hybridized carbons (Fsp3) is 0.143. The maximum Gasteiger partial charge on any atom is 0.346 e. The fourth-order valence-electron chi connectivity index (χ4n) is 2.19. The van der Waals surface area contributed by atoms with Crippen LogP contribution in [0.4, 0.5) is 5.69 Å². The number of nitrogens with one attached hydrogen (secondary N) is 1. The number of rotatable bonds is 2. The summed E-state index contributed by atoms with van der Waals surface area (Å²) in [5.74, 6) is -1.11. The van der Waals surface area contributed by atoms with Crippen molar-refractivity contribution in [2.45, 2.75) is 6.10 Å². The van der Waals surface area contributed by atoms with E-state index in [0.29, 0.717) is 22.2 Å². The normalized spacial score (nSPS) is 17.0. The number of carbonyl (C=O) groups is 2. The van der Waals surface area contributed by atoms with Crippen molar-refractivity contribution in [3.05, 3.63) is 47.2 Å². The van der Waals surface area contributed by atoms with Gasteiger partial charge in [0.25, 0.3) is 5.91 Å². The van der Waals surface area contributed by atoms with Gasteiger partial charge in [0.05, 0.1) is 17.3 Å². The Labute approximate surface area is 124 Å². The molecule has 1 unspecified atom stereocenters. The number of nitrogens with zero attached hydrogens (tertiary/aromatic N) is 1. The van der Waals surface area contributed by atoms with Gasteiger partial charge in [-0.25, -0.2) is 4.79 Å². The van der Waals surface area contributed by atoms with Crippen LogP contribution < -0.4 is 9.64 Å². The Balaban J connectivity index is 2.00. The first-order chi connectivity index (χ1) is 10.1. The lowest BCUT2D eigenvalue weighted by atomic mass is 10.1. The molecule has 1 aliphatic rings. The smallest absolute Gasteiger partial charge is 0.346 e. The number of halogens is 1. The van der Waals surface area contributed by atoms with Crippen molar-refractivity contribution in [2.75, 3.05) is 11.4 Å². The highest BCUT2D eigenvalue weighted by molar-refractivity contribution is 6.31. The van der Waals surface area contributed by atoms with Gasteiger partial charge in [0.2, 0.25) is 6.10 Å². The number of benzene rings is 1. The van der Waals surface area contributed by atoms with E-state index < -0.39 is 12.1 Å². The van der Waals surface area contributed by atoms with E-state index in [2.05, 4.69) is 4.98 Å². The standard InChI is InChI=1S/C14H11ClN2O4/c15-8-5-9(16-6-8)13(18)17-7-12(14(19)20)21-11-4-2-1-3-10(11)17/h1-6,12,16H,7H2,(H,19,20). The van der Waals surface area contributed by atoms with Crippen LogP contribution in [-0.2, 0) is 4.79 Å². The number of aliphatic carboxylic acids is 1. The van der Waals surface area contributed by atoms with Crippen LogP contribution in [-0.4, -0.2) is 34.6 Å². The number of hydrogen-bond donors (Lipinski definition) is 2.